The Labute approximate surface area is 78.0 Å². The van der Waals surface area contributed by atoms with Crippen LogP contribution in [0.15, 0.2) is 11.1 Å². The lowest BCUT2D eigenvalue weighted by Gasteiger charge is -2.03. The molecule has 0 heterocycles. The molecule has 13 heavy (non-hydrogen) atoms. The minimum atomic E-state index is -0.477. The molecule has 0 aromatic heterocycles. The lowest BCUT2D eigenvalue weighted by atomic mass is 10.1. The average molecular weight is 179 g/mol. The van der Waals surface area contributed by atoms with Gasteiger partial charge in [0.2, 0.25) is 0 Å². The zero-order valence-electron chi connectivity index (χ0n) is 7.96. The van der Waals surface area contributed by atoms with Crippen molar-refractivity contribution >= 4 is 5.97 Å². The Balaban J connectivity index is 2.77. The van der Waals surface area contributed by atoms with E-state index in [9.17, 15) is 4.79 Å². The summed E-state index contributed by atoms with van der Waals surface area (Å²) in [5, 5.41) is 8.76. The second kappa shape index (κ2) is 4.08. The van der Waals surface area contributed by atoms with Crippen LogP contribution in [0, 0.1) is 17.2 Å². The molecule has 70 valence electrons. The first-order valence-electron chi connectivity index (χ1n) is 4.48. The van der Waals surface area contributed by atoms with Gasteiger partial charge in [0.15, 0.2) is 0 Å². The van der Waals surface area contributed by atoms with Crippen molar-refractivity contribution in [1.82, 2.24) is 0 Å². The van der Waals surface area contributed by atoms with Crippen LogP contribution in [0.2, 0.25) is 0 Å². The van der Waals surface area contributed by atoms with Gasteiger partial charge >= 0.3 is 5.97 Å². The van der Waals surface area contributed by atoms with E-state index in [0.717, 1.165) is 18.4 Å². The Morgan fingerprint density at radius 3 is 2.62 bits per heavy atom. The van der Waals surface area contributed by atoms with Crippen LogP contribution in [0.3, 0.4) is 0 Å². The van der Waals surface area contributed by atoms with E-state index in [0.29, 0.717) is 12.5 Å². The Hall–Kier alpha value is -1.30. The van der Waals surface area contributed by atoms with E-state index >= 15 is 0 Å². The van der Waals surface area contributed by atoms with Gasteiger partial charge in [0.05, 0.1) is 6.61 Å². The van der Waals surface area contributed by atoms with Gasteiger partial charge in [-0.3, -0.25) is 0 Å². The Bertz CT molecular complexity index is 282. The van der Waals surface area contributed by atoms with E-state index in [2.05, 4.69) is 0 Å². The normalized spacial score (nSPS) is 17.3. The molecule has 0 aliphatic heterocycles. The lowest BCUT2D eigenvalue weighted by molar-refractivity contribution is -0.138. The van der Waals surface area contributed by atoms with Gasteiger partial charge in [0.1, 0.15) is 11.6 Å². The van der Waals surface area contributed by atoms with Gasteiger partial charge in [0, 0.05) is 0 Å². The van der Waals surface area contributed by atoms with Crippen molar-refractivity contribution in [2.45, 2.75) is 26.7 Å². The molecule has 0 radical (unpaired) electrons. The third-order valence-corrected chi connectivity index (χ3v) is 2.18. The van der Waals surface area contributed by atoms with Crippen molar-refractivity contribution in [3.63, 3.8) is 0 Å². The van der Waals surface area contributed by atoms with Crippen LogP contribution in [0.1, 0.15) is 26.7 Å². The summed E-state index contributed by atoms with van der Waals surface area (Å²) < 4.78 is 4.77. The standard InChI is InChI=1S/C10H13NO2/c1-3-13-10(12)9(6-11)7(2)8-4-5-8/h8H,3-5H2,1-2H3/b9-7+. The van der Waals surface area contributed by atoms with Gasteiger partial charge in [-0.05, 0) is 38.2 Å². The first-order chi connectivity index (χ1) is 6.20. The molecule has 0 amide bonds. The van der Waals surface area contributed by atoms with E-state index in [1.807, 2.05) is 13.0 Å². The first kappa shape index (κ1) is 9.79. The second-order valence-corrected chi connectivity index (χ2v) is 3.16. The summed E-state index contributed by atoms with van der Waals surface area (Å²) >= 11 is 0. The van der Waals surface area contributed by atoms with E-state index in [4.69, 9.17) is 10.00 Å². The molecule has 1 aliphatic rings. The highest BCUT2D eigenvalue weighted by molar-refractivity contribution is 5.93. The number of ether oxygens (including phenoxy) is 1. The number of hydrogen-bond donors (Lipinski definition) is 0. The molecule has 0 aromatic rings. The molecule has 0 saturated heterocycles. The van der Waals surface area contributed by atoms with Crippen LogP contribution in [0.5, 0.6) is 0 Å². The van der Waals surface area contributed by atoms with Gasteiger partial charge < -0.3 is 4.74 Å². The number of allylic oxidation sites excluding steroid dienone is 1. The van der Waals surface area contributed by atoms with Gasteiger partial charge in [-0.1, -0.05) is 0 Å². The summed E-state index contributed by atoms with van der Waals surface area (Å²) in [7, 11) is 0. The fraction of sp³-hybridized carbons (Fsp3) is 0.600. The van der Waals surface area contributed by atoms with Crippen molar-refractivity contribution in [1.29, 1.82) is 5.26 Å². The monoisotopic (exact) mass is 179 g/mol. The van der Waals surface area contributed by atoms with Gasteiger partial charge in [-0.2, -0.15) is 5.26 Å². The summed E-state index contributed by atoms with van der Waals surface area (Å²) in [6.07, 6.45) is 2.19. The largest absolute Gasteiger partial charge is 0.462 e. The molecule has 0 spiro atoms. The summed E-state index contributed by atoms with van der Waals surface area (Å²) in [6, 6.07) is 1.91. The minimum Gasteiger partial charge on any atom is -0.462 e. The third kappa shape index (κ3) is 2.32. The molecule has 0 bridgehead atoms. The molecule has 1 aliphatic carbocycles. The summed E-state index contributed by atoms with van der Waals surface area (Å²) in [5.74, 6) is -0.0338. The van der Waals surface area contributed by atoms with Gasteiger partial charge in [-0.25, -0.2) is 4.79 Å². The molecular weight excluding hydrogens is 166 g/mol. The van der Waals surface area contributed by atoms with Crippen LogP contribution >= 0.6 is 0 Å². The Morgan fingerprint density at radius 2 is 2.23 bits per heavy atom. The highest BCUT2D eigenvalue weighted by Gasteiger charge is 2.28. The lowest BCUT2D eigenvalue weighted by Crippen LogP contribution is -2.08. The van der Waals surface area contributed by atoms with E-state index < -0.39 is 5.97 Å². The predicted molar refractivity (Wildman–Crippen MR) is 47.7 cm³/mol. The van der Waals surface area contributed by atoms with Gasteiger partial charge in [0.25, 0.3) is 0 Å². The molecule has 0 unspecified atom stereocenters. The van der Waals surface area contributed by atoms with Crippen molar-refractivity contribution < 1.29 is 9.53 Å². The quantitative estimate of drug-likeness (QED) is 0.377. The van der Waals surface area contributed by atoms with Crippen molar-refractivity contribution in [2.24, 2.45) is 5.92 Å². The molecule has 3 nitrogen and oxygen atoms in total. The predicted octanol–water partition coefficient (Wildman–Crippen LogP) is 1.80. The number of esters is 1. The molecule has 1 fully saturated rings. The number of nitriles is 1. The van der Waals surface area contributed by atoms with Crippen LogP contribution < -0.4 is 0 Å². The highest BCUT2D eigenvalue weighted by Crippen LogP contribution is 2.37. The maximum Gasteiger partial charge on any atom is 0.348 e. The number of nitrogens with zero attached hydrogens (tertiary/aromatic N) is 1. The van der Waals surface area contributed by atoms with Crippen LogP contribution in [-0.4, -0.2) is 12.6 Å². The summed E-state index contributed by atoms with van der Waals surface area (Å²) in [4.78, 5) is 11.2. The molecule has 0 atom stereocenters. The Kier molecular flexibility index (Phi) is 3.07. The fourth-order valence-electron chi connectivity index (χ4n) is 1.22. The third-order valence-electron chi connectivity index (χ3n) is 2.18. The van der Waals surface area contributed by atoms with Crippen LogP contribution in [0.25, 0.3) is 0 Å². The maximum atomic E-state index is 11.2. The zero-order chi connectivity index (χ0) is 9.84. The number of carbonyl (C=O) groups is 1. The summed E-state index contributed by atoms with van der Waals surface area (Å²) in [6.45, 7) is 3.90. The molecule has 1 saturated carbocycles. The number of hydrogen-bond acceptors (Lipinski definition) is 3. The molecule has 0 N–H and O–H groups in total. The van der Waals surface area contributed by atoms with Crippen molar-refractivity contribution in [3.8, 4) is 6.07 Å². The number of rotatable bonds is 3. The van der Waals surface area contributed by atoms with Gasteiger partial charge in [-0.15, -0.1) is 0 Å². The maximum absolute atomic E-state index is 11.2. The molecule has 3 heteroatoms. The molecular formula is C10H13NO2. The number of carbonyl (C=O) groups excluding carboxylic acids is 1. The van der Waals surface area contributed by atoms with Crippen molar-refractivity contribution in [3.05, 3.63) is 11.1 Å². The van der Waals surface area contributed by atoms with Crippen LogP contribution in [-0.2, 0) is 9.53 Å². The van der Waals surface area contributed by atoms with Crippen molar-refractivity contribution in [2.75, 3.05) is 6.61 Å². The van der Waals surface area contributed by atoms with E-state index in [1.165, 1.54) is 0 Å². The smallest absolute Gasteiger partial charge is 0.348 e. The van der Waals surface area contributed by atoms with E-state index in [1.54, 1.807) is 6.92 Å². The first-order valence-corrected chi connectivity index (χ1v) is 4.48. The summed E-state index contributed by atoms with van der Waals surface area (Å²) in [5.41, 5.74) is 1.09. The molecule has 0 aromatic carbocycles. The molecule has 1 rings (SSSR count). The SMILES string of the molecule is CCOC(=O)/C(C#N)=C(\C)C1CC1. The fourth-order valence-corrected chi connectivity index (χ4v) is 1.22. The minimum absolute atomic E-state index is 0.198. The van der Waals surface area contributed by atoms with Crippen LogP contribution in [0.4, 0.5) is 0 Å². The zero-order valence-corrected chi connectivity index (χ0v) is 7.96. The second-order valence-electron chi connectivity index (χ2n) is 3.16. The average Bonchev–Trinajstić information content (AvgIpc) is 2.88. The highest BCUT2D eigenvalue weighted by atomic mass is 16.5. The topological polar surface area (TPSA) is 50.1 Å². The Morgan fingerprint density at radius 1 is 1.62 bits per heavy atom. The van der Waals surface area contributed by atoms with E-state index in [-0.39, 0.29) is 5.57 Å².